The Morgan fingerprint density at radius 3 is 1.84 bits per heavy atom. The number of rotatable bonds is 21. The Hall–Kier alpha value is -6.93. The number of aromatic hydroxyl groups is 1. The quantitative estimate of drug-likeness (QED) is 0.0259. The first-order chi connectivity index (χ1) is 26.6. The highest BCUT2D eigenvalue weighted by Gasteiger charge is 2.17. The van der Waals surface area contributed by atoms with E-state index in [1.54, 1.807) is 18.2 Å². The molecule has 0 spiro atoms. The lowest BCUT2D eigenvalue weighted by atomic mass is 10.1. The molecule has 4 aromatic carbocycles. The van der Waals surface area contributed by atoms with Crippen molar-refractivity contribution in [3.05, 3.63) is 128 Å². The van der Waals surface area contributed by atoms with Gasteiger partial charge in [0.25, 0.3) is 0 Å². The van der Waals surface area contributed by atoms with Crippen LogP contribution in [-0.2, 0) is 33.3 Å². The van der Waals surface area contributed by atoms with Crippen molar-refractivity contribution in [1.82, 2.24) is 0 Å². The van der Waals surface area contributed by atoms with Gasteiger partial charge in [-0.15, -0.1) is 0 Å². The van der Waals surface area contributed by atoms with E-state index in [9.17, 15) is 29.1 Å². The normalized spacial score (nSPS) is 11.0. The summed E-state index contributed by atoms with van der Waals surface area (Å²) in [4.78, 5) is 59.7. The predicted octanol–water partition coefficient (Wildman–Crippen LogP) is 6.05. The predicted molar refractivity (Wildman–Crippen MR) is 197 cm³/mol. The van der Waals surface area contributed by atoms with Gasteiger partial charge >= 0.3 is 29.8 Å². The van der Waals surface area contributed by atoms with Crippen molar-refractivity contribution in [2.45, 2.75) is 18.9 Å². The number of unbranched alkanes of at least 4 members (excludes halogenated alkanes) is 1. The Balaban J connectivity index is 1.28. The molecule has 0 aliphatic carbocycles. The zero-order valence-corrected chi connectivity index (χ0v) is 29.6. The van der Waals surface area contributed by atoms with Crippen LogP contribution in [0.5, 0.6) is 28.7 Å². The summed E-state index contributed by atoms with van der Waals surface area (Å²) in [5.74, 6) is -2.62. The first kappa shape index (κ1) is 40.8. The van der Waals surface area contributed by atoms with Crippen molar-refractivity contribution in [2.24, 2.45) is 0 Å². The Morgan fingerprint density at radius 2 is 1.18 bits per heavy atom. The number of phenolic OH excluding ortho intramolecular Hbond substituents is 1. The first-order valence-corrected chi connectivity index (χ1v) is 16.7. The van der Waals surface area contributed by atoms with Crippen molar-refractivity contribution >= 4 is 40.6 Å². The van der Waals surface area contributed by atoms with Gasteiger partial charge in [-0.25, -0.2) is 24.0 Å². The van der Waals surface area contributed by atoms with Gasteiger partial charge < -0.3 is 43.0 Å². The molecular weight excluding hydrogens is 716 g/mol. The van der Waals surface area contributed by atoms with Crippen LogP contribution in [0.4, 0.5) is 0 Å². The summed E-state index contributed by atoms with van der Waals surface area (Å²) in [6.45, 7) is 10.3. The third kappa shape index (κ3) is 13.2. The van der Waals surface area contributed by atoms with E-state index in [-0.39, 0.29) is 55.0 Å². The molecule has 0 bridgehead atoms. The summed E-state index contributed by atoms with van der Waals surface area (Å²) < 4.78 is 42.5. The minimum Gasteiger partial charge on any atom is -0.504 e. The fourth-order valence-corrected chi connectivity index (χ4v) is 4.57. The van der Waals surface area contributed by atoms with Crippen molar-refractivity contribution in [3.63, 3.8) is 0 Å². The molecule has 0 heterocycles. The van der Waals surface area contributed by atoms with Crippen molar-refractivity contribution in [2.75, 3.05) is 33.2 Å². The number of hydrogen-bond acceptors (Lipinski definition) is 14. The van der Waals surface area contributed by atoms with E-state index in [0.717, 1.165) is 18.2 Å². The summed E-state index contributed by atoms with van der Waals surface area (Å²) in [5, 5.41) is 11.8. The lowest BCUT2D eigenvalue weighted by Crippen LogP contribution is -2.29. The van der Waals surface area contributed by atoms with E-state index in [4.69, 9.17) is 37.9 Å². The maximum Gasteiger partial charge on any atom is 0.343 e. The fourth-order valence-electron chi connectivity index (χ4n) is 4.57. The second-order valence-corrected chi connectivity index (χ2v) is 11.3. The molecule has 1 atom stereocenters. The van der Waals surface area contributed by atoms with Crippen LogP contribution in [0.2, 0.25) is 0 Å². The van der Waals surface area contributed by atoms with Crippen LogP contribution in [0.25, 0.3) is 10.8 Å². The molecule has 286 valence electrons. The molecule has 14 nitrogen and oxygen atoms in total. The van der Waals surface area contributed by atoms with Crippen LogP contribution in [0.3, 0.4) is 0 Å². The van der Waals surface area contributed by atoms with Crippen molar-refractivity contribution < 1.29 is 67.0 Å². The lowest BCUT2D eigenvalue weighted by Gasteiger charge is -2.18. The Labute approximate surface area is 316 Å². The molecule has 14 heteroatoms. The molecule has 1 unspecified atom stereocenters. The molecule has 4 rings (SSSR count). The van der Waals surface area contributed by atoms with E-state index in [1.807, 2.05) is 0 Å². The van der Waals surface area contributed by atoms with Crippen molar-refractivity contribution in [3.8, 4) is 28.7 Å². The maximum atomic E-state index is 12.9. The van der Waals surface area contributed by atoms with E-state index >= 15 is 0 Å². The number of fused-ring (bicyclic) bond motifs is 1. The molecular formula is C41H38O14. The van der Waals surface area contributed by atoms with Gasteiger partial charge in [0.05, 0.1) is 24.3 Å². The average Bonchev–Trinajstić information content (AvgIpc) is 3.19. The molecule has 0 fully saturated rings. The summed E-state index contributed by atoms with van der Waals surface area (Å²) >= 11 is 0. The van der Waals surface area contributed by atoms with Gasteiger partial charge in [0, 0.05) is 24.8 Å². The minimum absolute atomic E-state index is 0.0447. The molecule has 0 radical (unpaired) electrons. The molecule has 0 saturated heterocycles. The van der Waals surface area contributed by atoms with Crippen LogP contribution in [0, 0.1) is 0 Å². The standard InChI is InChI=1S/C41H38O14/c1-4-37(43)49-20-8-7-19-48-24-34(53-39(45)6-3)25-50-31-14-9-28(10-15-31)41(47)55-36-23-29-13-18-33(21-30(29)22-35(36)42)54-40(46)27-11-16-32(17-12-27)51-26-52-38(44)5-2/h4-6,9-18,21-23,34,42H,1-3,7-8,19-20,24-26H2. The highest BCUT2D eigenvalue weighted by Crippen LogP contribution is 2.34. The fraction of sp³-hybridized carbons (Fsp3) is 0.195. The molecule has 0 saturated carbocycles. The minimum atomic E-state index is -0.755. The monoisotopic (exact) mass is 754 g/mol. The lowest BCUT2D eigenvalue weighted by molar-refractivity contribution is -0.148. The molecule has 0 aromatic heterocycles. The summed E-state index contributed by atoms with van der Waals surface area (Å²) in [6.07, 6.45) is 3.56. The second kappa shape index (κ2) is 20.9. The Kier molecular flexibility index (Phi) is 15.5. The van der Waals surface area contributed by atoms with E-state index < -0.39 is 36.0 Å². The van der Waals surface area contributed by atoms with Crippen LogP contribution in [0.1, 0.15) is 33.6 Å². The smallest absolute Gasteiger partial charge is 0.343 e. The van der Waals surface area contributed by atoms with Crippen LogP contribution in [0.15, 0.2) is 117 Å². The Bertz CT molecular complexity index is 2000. The number of ether oxygens (including phenoxy) is 8. The molecule has 1 N–H and O–H groups in total. The third-order valence-electron chi connectivity index (χ3n) is 7.36. The molecule has 0 aliphatic heterocycles. The molecule has 0 amide bonds. The van der Waals surface area contributed by atoms with E-state index in [1.165, 1.54) is 60.7 Å². The zero-order valence-electron chi connectivity index (χ0n) is 29.6. The molecule has 4 aromatic rings. The SMILES string of the molecule is C=CC(=O)OCCCCOCC(COc1ccc(C(=O)Oc2cc3ccc(OC(=O)c4ccc(OCOC(=O)C=C)cc4)cc3cc2O)cc1)OC(=O)C=C. The van der Waals surface area contributed by atoms with Gasteiger partial charge in [0.1, 0.15) is 23.9 Å². The maximum absolute atomic E-state index is 12.9. The zero-order chi connectivity index (χ0) is 39.6. The highest BCUT2D eigenvalue weighted by atomic mass is 16.7. The van der Waals surface area contributed by atoms with Gasteiger partial charge in [-0.3, -0.25) is 0 Å². The van der Waals surface area contributed by atoms with Crippen LogP contribution < -0.4 is 18.9 Å². The van der Waals surface area contributed by atoms with Gasteiger partial charge in [-0.2, -0.15) is 0 Å². The molecule has 55 heavy (non-hydrogen) atoms. The number of carbonyl (C=O) groups is 5. The van der Waals surface area contributed by atoms with Crippen molar-refractivity contribution in [1.29, 1.82) is 0 Å². The largest absolute Gasteiger partial charge is 0.504 e. The topological polar surface area (TPSA) is 179 Å². The van der Waals surface area contributed by atoms with E-state index in [2.05, 4.69) is 19.7 Å². The number of carbonyl (C=O) groups excluding carboxylic acids is 5. The first-order valence-electron chi connectivity index (χ1n) is 16.7. The van der Waals surface area contributed by atoms with Gasteiger partial charge in [-0.05, 0) is 96.4 Å². The van der Waals surface area contributed by atoms with Crippen LogP contribution >= 0.6 is 0 Å². The number of hydrogen-bond donors (Lipinski definition) is 1. The Morgan fingerprint density at radius 1 is 0.600 bits per heavy atom. The summed E-state index contributed by atoms with van der Waals surface area (Å²) in [6, 6.07) is 19.6. The average molecular weight is 755 g/mol. The van der Waals surface area contributed by atoms with Gasteiger partial charge in [0.15, 0.2) is 17.6 Å². The summed E-state index contributed by atoms with van der Waals surface area (Å²) in [7, 11) is 0. The third-order valence-corrected chi connectivity index (χ3v) is 7.36. The highest BCUT2D eigenvalue weighted by molar-refractivity contribution is 5.94. The number of esters is 5. The van der Waals surface area contributed by atoms with Crippen LogP contribution in [-0.4, -0.2) is 74.3 Å². The van der Waals surface area contributed by atoms with Gasteiger partial charge in [0.2, 0.25) is 6.79 Å². The molecule has 0 aliphatic rings. The number of benzene rings is 4. The summed E-state index contributed by atoms with van der Waals surface area (Å²) in [5.41, 5.74) is 0.403. The van der Waals surface area contributed by atoms with Gasteiger partial charge in [-0.1, -0.05) is 25.8 Å². The number of phenols is 1. The second-order valence-electron chi connectivity index (χ2n) is 11.3. The van der Waals surface area contributed by atoms with E-state index in [0.29, 0.717) is 41.7 Å².